The summed E-state index contributed by atoms with van der Waals surface area (Å²) < 4.78 is 13.9. The highest BCUT2D eigenvalue weighted by Crippen LogP contribution is 2.31. The Hall–Kier alpha value is -1.41. The van der Waals surface area contributed by atoms with Crippen molar-refractivity contribution in [2.24, 2.45) is 5.41 Å². The lowest BCUT2D eigenvalue weighted by Crippen LogP contribution is -2.19. The fraction of sp³-hybridized carbons (Fsp3) is 0.444. The third kappa shape index (κ3) is 3.37. The Labute approximate surface area is 121 Å². The van der Waals surface area contributed by atoms with Crippen LogP contribution in [-0.4, -0.2) is 7.05 Å². The van der Waals surface area contributed by atoms with E-state index >= 15 is 0 Å². The van der Waals surface area contributed by atoms with E-state index in [9.17, 15) is 4.39 Å². The van der Waals surface area contributed by atoms with E-state index in [1.807, 2.05) is 37.4 Å². The molecule has 0 amide bonds. The van der Waals surface area contributed by atoms with Gasteiger partial charge >= 0.3 is 0 Å². The molecule has 0 fully saturated rings. The third-order valence-electron chi connectivity index (χ3n) is 3.81. The van der Waals surface area contributed by atoms with Crippen molar-refractivity contribution in [3.8, 4) is 0 Å². The van der Waals surface area contributed by atoms with Gasteiger partial charge < -0.3 is 5.32 Å². The molecule has 1 atom stereocenters. The standard InChI is InChI=1S/C18H24FN/c1-18(2,3)12-11-17(20-4)15-9-10-16(19)14-8-6-5-7-13(14)15/h5-10,17,20H,11-12H2,1-4H3. The van der Waals surface area contributed by atoms with Crippen molar-refractivity contribution >= 4 is 10.8 Å². The molecule has 0 heterocycles. The van der Waals surface area contributed by atoms with Crippen LogP contribution in [0.25, 0.3) is 10.8 Å². The molecular weight excluding hydrogens is 249 g/mol. The Morgan fingerprint density at radius 2 is 1.70 bits per heavy atom. The van der Waals surface area contributed by atoms with Crippen molar-refractivity contribution in [3.63, 3.8) is 0 Å². The van der Waals surface area contributed by atoms with Crippen LogP contribution in [0.4, 0.5) is 4.39 Å². The third-order valence-corrected chi connectivity index (χ3v) is 3.81. The van der Waals surface area contributed by atoms with Gasteiger partial charge in [0.1, 0.15) is 5.82 Å². The van der Waals surface area contributed by atoms with E-state index in [1.54, 1.807) is 6.07 Å². The maximum atomic E-state index is 13.9. The number of rotatable bonds is 4. The summed E-state index contributed by atoms with van der Waals surface area (Å²) >= 11 is 0. The van der Waals surface area contributed by atoms with Crippen molar-refractivity contribution in [2.45, 2.75) is 39.7 Å². The molecule has 0 aliphatic rings. The van der Waals surface area contributed by atoms with Gasteiger partial charge in [0, 0.05) is 11.4 Å². The van der Waals surface area contributed by atoms with Crippen LogP contribution in [0.15, 0.2) is 36.4 Å². The summed E-state index contributed by atoms with van der Waals surface area (Å²) in [6.07, 6.45) is 2.18. The fourth-order valence-electron chi connectivity index (χ4n) is 2.62. The largest absolute Gasteiger partial charge is 0.313 e. The lowest BCUT2D eigenvalue weighted by molar-refractivity contribution is 0.338. The SMILES string of the molecule is CNC(CCC(C)(C)C)c1ccc(F)c2ccccc12. The molecule has 2 aromatic rings. The van der Waals surface area contributed by atoms with Crippen molar-refractivity contribution in [1.82, 2.24) is 5.32 Å². The molecule has 0 spiro atoms. The number of hydrogen-bond donors (Lipinski definition) is 1. The van der Waals surface area contributed by atoms with Gasteiger partial charge in [-0.1, -0.05) is 51.1 Å². The summed E-state index contributed by atoms with van der Waals surface area (Å²) in [6.45, 7) is 6.76. The molecule has 2 heteroatoms. The van der Waals surface area contributed by atoms with E-state index in [-0.39, 0.29) is 11.9 Å². The molecule has 0 radical (unpaired) electrons. The second-order valence-electron chi connectivity index (χ2n) is 6.62. The summed E-state index contributed by atoms with van der Waals surface area (Å²) in [7, 11) is 1.98. The van der Waals surface area contributed by atoms with Gasteiger partial charge in [-0.25, -0.2) is 4.39 Å². The predicted molar refractivity (Wildman–Crippen MR) is 84.4 cm³/mol. The average Bonchev–Trinajstić information content (AvgIpc) is 2.41. The van der Waals surface area contributed by atoms with Crippen LogP contribution >= 0.6 is 0 Å². The molecule has 20 heavy (non-hydrogen) atoms. The maximum Gasteiger partial charge on any atom is 0.131 e. The van der Waals surface area contributed by atoms with Crippen LogP contribution in [-0.2, 0) is 0 Å². The molecule has 108 valence electrons. The van der Waals surface area contributed by atoms with Crippen LogP contribution in [0.3, 0.4) is 0 Å². The monoisotopic (exact) mass is 273 g/mol. The Bertz CT molecular complexity index is 583. The van der Waals surface area contributed by atoms with Gasteiger partial charge in [-0.2, -0.15) is 0 Å². The summed E-state index contributed by atoms with van der Waals surface area (Å²) in [5.74, 6) is -0.143. The molecule has 2 rings (SSSR count). The smallest absolute Gasteiger partial charge is 0.131 e. The first-order chi connectivity index (χ1) is 9.42. The van der Waals surface area contributed by atoms with Crippen molar-refractivity contribution in [3.05, 3.63) is 47.8 Å². The lowest BCUT2D eigenvalue weighted by atomic mass is 9.86. The summed E-state index contributed by atoms with van der Waals surface area (Å²) in [6, 6.07) is 11.5. The normalized spacial score (nSPS) is 13.7. The highest BCUT2D eigenvalue weighted by molar-refractivity contribution is 5.86. The molecule has 2 aromatic carbocycles. The zero-order chi connectivity index (χ0) is 14.8. The summed E-state index contributed by atoms with van der Waals surface area (Å²) in [5.41, 5.74) is 1.50. The van der Waals surface area contributed by atoms with Crippen LogP contribution in [0.2, 0.25) is 0 Å². The van der Waals surface area contributed by atoms with Gasteiger partial charge in [-0.15, -0.1) is 0 Å². The van der Waals surface area contributed by atoms with Gasteiger partial charge in [0.25, 0.3) is 0 Å². The molecular formula is C18H24FN. The molecule has 0 bridgehead atoms. The van der Waals surface area contributed by atoms with Crippen molar-refractivity contribution in [2.75, 3.05) is 7.05 Å². The van der Waals surface area contributed by atoms with Gasteiger partial charge in [0.15, 0.2) is 0 Å². The van der Waals surface area contributed by atoms with E-state index in [4.69, 9.17) is 0 Å². The number of benzene rings is 2. The topological polar surface area (TPSA) is 12.0 Å². The molecule has 0 aliphatic heterocycles. The van der Waals surface area contributed by atoms with Gasteiger partial charge in [0.05, 0.1) is 0 Å². The van der Waals surface area contributed by atoms with E-state index in [2.05, 4.69) is 26.1 Å². The average molecular weight is 273 g/mol. The quantitative estimate of drug-likeness (QED) is 0.820. The molecule has 0 aromatic heterocycles. The molecule has 0 saturated heterocycles. The van der Waals surface area contributed by atoms with E-state index in [0.717, 1.165) is 18.2 Å². The Balaban J connectivity index is 2.37. The fourth-order valence-corrected chi connectivity index (χ4v) is 2.62. The van der Waals surface area contributed by atoms with E-state index < -0.39 is 0 Å². The van der Waals surface area contributed by atoms with Crippen LogP contribution in [0.5, 0.6) is 0 Å². The second-order valence-corrected chi connectivity index (χ2v) is 6.62. The Kier molecular flexibility index (Phi) is 4.44. The summed E-state index contributed by atoms with van der Waals surface area (Å²) in [4.78, 5) is 0. The van der Waals surface area contributed by atoms with Gasteiger partial charge in [-0.3, -0.25) is 0 Å². The first kappa shape index (κ1) is 15.0. The molecule has 1 unspecified atom stereocenters. The predicted octanol–water partition coefficient (Wildman–Crippen LogP) is 5.07. The van der Waals surface area contributed by atoms with E-state index in [0.29, 0.717) is 10.8 Å². The first-order valence-electron chi connectivity index (χ1n) is 7.27. The minimum Gasteiger partial charge on any atom is -0.313 e. The summed E-state index contributed by atoms with van der Waals surface area (Å²) in [5, 5.41) is 5.10. The first-order valence-corrected chi connectivity index (χ1v) is 7.27. The highest BCUT2D eigenvalue weighted by atomic mass is 19.1. The zero-order valence-corrected chi connectivity index (χ0v) is 12.8. The minimum atomic E-state index is -0.143. The molecule has 0 aliphatic carbocycles. The number of halogens is 1. The van der Waals surface area contributed by atoms with Gasteiger partial charge in [0.2, 0.25) is 0 Å². The lowest BCUT2D eigenvalue weighted by Gasteiger charge is -2.24. The molecule has 1 N–H and O–H groups in total. The Morgan fingerprint density at radius 3 is 2.30 bits per heavy atom. The van der Waals surface area contributed by atoms with Crippen molar-refractivity contribution in [1.29, 1.82) is 0 Å². The van der Waals surface area contributed by atoms with Crippen LogP contribution in [0.1, 0.15) is 45.2 Å². The van der Waals surface area contributed by atoms with Crippen LogP contribution in [0, 0.1) is 11.2 Å². The zero-order valence-electron chi connectivity index (χ0n) is 12.8. The molecule has 1 nitrogen and oxygen atoms in total. The minimum absolute atomic E-state index is 0.143. The second kappa shape index (κ2) is 5.92. The Morgan fingerprint density at radius 1 is 1.05 bits per heavy atom. The number of nitrogens with one attached hydrogen (secondary N) is 1. The van der Waals surface area contributed by atoms with Crippen molar-refractivity contribution < 1.29 is 4.39 Å². The number of fused-ring (bicyclic) bond motifs is 1. The number of hydrogen-bond acceptors (Lipinski definition) is 1. The van der Waals surface area contributed by atoms with E-state index in [1.165, 1.54) is 5.56 Å². The highest BCUT2D eigenvalue weighted by Gasteiger charge is 2.18. The van der Waals surface area contributed by atoms with Crippen LogP contribution < -0.4 is 5.32 Å². The maximum absolute atomic E-state index is 13.9. The molecule has 0 saturated carbocycles. The van der Waals surface area contributed by atoms with Gasteiger partial charge in [-0.05, 0) is 42.3 Å².